The number of amides is 2. The molecule has 1 fully saturated rings. The Balaban J connectivity index is 1.73. The molecule has 8 nitrogen and oxygen atoms in total. The van der Waals surface area contributed by atoms with E-state index in [9.17, 15) is 19.5 Å². The molecule has 3 aromatic carbocycles. The van der Waals surface area contributed by atoms with Crippen molar-refractivity contribution >= 4 is 45.6 Å². The summed E-state index contributed by atoms with van der Waals surface area (Å²) in [5.74, 6) is -1.60. The topological polar surface area (TPSA) is 112 Å². The number of aromatic amines is 1. The lowest BCUT2D eigenvalue weighted by molar-refractivity contribution is -0.132. The maximum absolute atomic E-state index is 13.4. The lowest BCUT2D eigenvalue weighted by Gasteiger charge is -2.26. The maximum Gasteiger partial charge on any atom is 0.300 e. The van der Waals surface area contributed by atoms with Gasteiger partial charge in [-0.3, -0.25) is 19.3 Å². The van der Waals surface area contributed by atoms with Crippen LogP contribution < -0.4 is 15.0 Å². The van der Waals surface area contributed by atoms with Gasteiger partial charge < -0.3 is 20.1 Å². The van der Waals surface area contributed by atoms with Gasteiger partial charge in [0.05, 0.1) is 18.7 Å². The molecule has 4 aromatic rings. The molecule has 1 aliphatic rings. The van der Waals surface area contributed by atoms with Crippen molar-refractivity contribution in [3.05, 3.63) is 95.7 Å². The highest BCUT2D eigenvalue weighted by molar-refractivity contribution is 6.51. The van der Waals surface area contributed by atoms with Gasteiger partial charge in [0.2, 0.25) is 5.91 Å². The van der Waals surface area contributed by atoms with Crippen molar-refractivity contribution in [3.8, 4) is 5.75 Å². The summed E-state index contributed by atoms with van der Waals surface area (Å²) in [6, 6.07) is 20.1. The first kappa shape index (κ1) is 22.9. The molecule has 0 bridgehead atoms. The number of methoxy groups -OCH3 is 1. The first-order valence-corrected chi connectivity index (χ1v) is 11.3. The number of fused-ring (bicyclic) bond motifs is 1. The second-order valence-electron chi connectivity index (χ2n) is 8.43. The number of nitrogens with one attached hydrogen (secondary N) is 2. The van der Waals surface area contributed by atoms with Crippen molar-refractivity contribution in [1.82, 2.24) is 4.98 Å². The number of nitrogens with zero attached hydrogens (tertiary/aromatic N) is 1. The van der Waals surface area contributed by atoms with Gasteiger partial charge in [0, 0.05) is 41.0 Å². The van der Waals surface area contributed by atoms with Gasteiger partial charge in [-0.05, 0) is 42.0 Å². The van der Waals surface area contributed by atoms with E-state index in [4.69, 9.17) is 4.74 Å². The number of aromatic nitrogens is 1. The number of carbonyl (C=O) groups excluding carboxylic acids is 3. The Morgan fingerprint density at radius 3 is 2.58 bits per heavy atom. The Kier molecular flexibility index (Phi) is 5.77. The molecule has 5 rings (SSSR count). The minimum absolute atomic E-state index is 0.0389. The fourth-order valence-corrected chi connectivity index (χ4v) is 4.58. The third-order valence-electron chi connectivity index (χ3n) is 6.14. The Hall–Kier alpha value is -4.85. The minimum atomic E-state index is -0.929. The molecule has 8 heteroatoms. The summed E-state index contributed by atoms with van der Waals surface area (Å²) in [6.07, 6.45) is 1.62. The number of carbonyl (C=O) groups is 3. The van der Waals surface area contributed by atoms with Crippen LogP contribution in [0.15, 0.2) is 84.6 Å². The van der Waals surface area contributed by atoms with Gasteiger partial charge in [0.15, 0.2) is 0 Å². The minimum Gasteiger partial charge on any atom is -0.507 e. The molecule has 0 aliphatic carbocycles. The molecule has 1 aliphatic heterocycles. The van der Waals surface area contributed by atoms with Crippen molar-refractivity contribution in [2.75, 3.05) is 17.3 Å². The van der Waals surface area contributed by atoms with Crippen molar-refractivity contribution in [1.29, 1.82) is 0 Å². The van der Waals surface area contributed by atoms with Crippen LogP contribution in [0.1, 0.15) is 24.1 Å². The van der Waals surface area contributed by atoms with Crippen LogP contribution in [0.3, 0.4) is 0 Å². The zero-order valence-corrected chi connectivity index (χ0v) is 19.6. The van der Waals surface area contributed by atoms with Crippen LogP contribution in [0, 0.1) is 0 Å². The van der Waals surface area contributed by atoms with Gasteiger partial charge in [-0.1, -0.05) is 36.4 Å². The van der Waals surface area contributed by atoms with Crippen LogP contribution in [0.5, 0.6) is 5.75 Å². The van der Waals surface area contributed by atoms with Crippen molar-refractivity contribution in [2.24, 2.45) is 0 Å². The molecule has 1 atom stereocenters. The summed E-state index contributed by atoms with van der Waals surface area (Å²) in [5, 5.41) is 14.9. The lowest BCUT2D eigenvalue weighted by Crippen LogP contribution is -2.29. The van der Waals surface area contributed by atoms with Crippen LogP contribution in [0.4, 0.5) is 11.4 Å². The fourth-order valence-electron chi connectivity index (χ4n) is 4.58. The molecular weight excluding hydrogens is 458 g/mol. The van der Waals surface area contributed by atoms with Gasteiger partial charge in [-0.2, -0.15) is 0 Å². The van der Waals surface area contributed by atoms with E-state index in [0.29, 0.717) is 28.3 Å². The van der Waals surface area contributed by atoms with E-state index in [1.54, 1.807) is 54.7 Å². The standard InChI is InChI=1S/C28H23N3O5/c1-16(32)30-18-8-6-9-19(14-18)31-25(17-7-5-10-20(13-17)36-2)24(27(34)28(31)35)26(33)22-15-29-23-12-4-3-11-21(22)23/h3-15,25,29,33H,1-2H3,(H,30,32)/b26-24-. The molecule has 1 aromatic heterocycles. The van der Waals surface area contributed by atoms with E-state index >= 15 is 0 Å². The smallest absolute Gasteiger partial charge is 0.300 e. The molecule has 36 heavy (non-hydrogen) atoms. The number of hydrogen-bond acceptors (Lipinski definition) is 5. The number of anilines is 2. The summed E-state index contributed by atoms with van der Waals surface area (Å²) >= 11 is 0. The van der Waals surface area contributed by atoms with Gasteiger partial charge in [0.25, 0.3) is 11.7 Å². The molecule has 1 saturated heterocycles. The Morgan fingerprint density at radius 2 is 1.81 bits per heavy atom. The third kappa shape index (κ3) is 3.88. The van der Waals surface area contributed by atoms with Crippen LogP contribution >= 0.6 is 0 Å². The number of ketones is 1. The normalized spacial score (nSPS) is 16.9. The highest BCUT2D eigenvalue weighted by Gasteiger charge is 2.47. The molecule has 2 heterocycles. The molecule has 2 amide bonds. The van der Waals surface area contributed by atoms with Gasteiger partial charge >= 0.3 is 0 Å². The number of Topliss-reactive ketones (excluding diaryl/α,β-unsaturated/α-hetero) is 1. The molecule has 0 radical (unpaired) electrons. The van der Waals surface area contributed by atoms with Gasteiger partial charge in [0.1, 0.15) is 11.5 Å². The number of H-pyrrole nitrogens is 1. The SMILES string of the molecule is COc1cccc(C2/C(=C(/O)c3c[nH]c4ccccc34)C(=O)C(=O)N2c2cccc(NC(C)=O)c2)c1. The molecule has 1 unspecified atom stereocenters. The first-order valence-electron chi connectivity index (χ1n) is 11.3. The van der Waals surface area contributed by atoms with Crippen molar-refractivity contribution in [3.63, 3.8) is 0 Å². The van der Waals surface area contributed by atoms with E-state index in [1.807, 2.05) is 24.3 Å². The van der Waals surface area contributed by atoms with Crippen LogP contribution in [0.25, 0.3) is 16.7 Å². The first-order chi connectivity index (χ1) is 17.4. The van der Waals surface area contributed by atoms with Crippen LogP contribution in [0.2, 0.25) is 0 Å². The van der Waals surface area contributed by atoms with Gasteiger partial charge in [-0.15, -0.1) is 0 Å². The van der Waals surface area contributed by atoms with Crippen LogP contribution in [-0.2, 0) is 14.4 Å². The molecule has 0 spiro atoms. The predicted octanol–water partition coefficient (Wildman–Crippen LogP) is 4.76. The quantitative estimate of drug-likeness (QED) is 0.216. The number of hydrogen-bond donors (Lipinski definition) is 3. The summed E-state index contributed by atoms with van der Waals surface area (Å²) in [7, 11) is 1.53. The lowest BCUT2D eigenvalue weighted by atomic mass is 9.94. The van der Waals surface area contributed by atoms with E-state index in [-0.39, 0.29) is 17.2 Å². The number of benzene rings is 3. The highest BCUT2D eigenvalue weighted by Crippen LogP contribution is 2.44. The maximum atomic E-state index is 13.4. The Labute approximate surface area is 206 Å². The molecule has 180 valence electrons. The zero-order valence-electron chi connectivity index (χ0n) is 19.6. The zero-order chi connectivity index (χ0) is 25.4. The molecule has 3 N–H and O–H groups in total. The van der Waals surface area contributed by atoms with Crippen LogP contribution in [-0.4, -0.2) is 34.8 Å². The van der Waals surface area contributed by atoms with E-state index in [1.165, 1.54) is 18.9 Å². The second-order valence-corrected chi connectivity index (χ2v) is 8.43. The number of aliphatic hydroxyl groups is 1. The largest absolute Gasteiger partial charge is 0.507 e. The van der Waals surface area contributed by atoms with E-state index in [0.717, 1.165) is 10.9 Å². The second kappa shape index (κ2) is 9.07. The van der Waals surface area contributed by atoms with Gasteiger partial charge in [-0.25, -0.2) is 0 Å². The van der Waals surface area contributed by atoms with Crippen molar-refractivity contribution < 1.29 is 24.2 Å². The molecular formula is C28H23N3O5. The number of rotatable bonds is 5. The number of ether oxygens (including phenoxy) is 1. The fraction of sp³-hybridized carbons (Fsp3) is 0.107. The highest BCUT2D eigenvalue weighted by atomic mass is 16.5. The predicted molar refractivity (Wildman–Crippen MR) is 137 cm³/mol. The van der Waals surface area contributed by atoms with E-state index < -0.39 is 17.7 Å². The average Bonchev–Trinajstić information content (AvgIpc) is 3.42. The Bertz CT molecular complexity index is 1550. The summed E-state index contributed by atoms with van der Waals surface area (Å²) in [6.45, 7) is 1.39. The molecule has 0 saturated carbocycles. The summed E-state index contributed by atoms with van der Waals surface area (Å²) in [5.41, 5.74) is 2.62. The average molecular weight is 482 g/mol. The monoisotopic (exact) mass is 481 g/mol. The third-order valence-corrected chi connectivity index (χ3v) is 6.14. The number of para-hydroxylation sites is 1. The Morgan fingerprint density at radius 1 is 1.03 bits per heavy atom. The number of aliphatic hydroxyl groups excluding tert-OH is 1. The summed E-state index contributed by atoms with van der Waals surface area (Å²) < 4.78 is 5.38. The van der Waals surface area contributed by atoms with E-state index in [2.05, 4.69) is 10.3 Å². The summed E-state index contributed by atoms with van der Waals surface area (Å²) in [4.78, 5) is 42.9. The van der Waals surface area contributed by atoms with Crippen molar-refractivity contribution in [2.45, 2.75) is 13.0 Å².